The van der Waals surface area contributed by atoms with Crippen LogP contribution >= 0.6 is 0 Å². The summed E-state index contributed by atoms with van der Waals surface area (Å²) in [5, 5.41) is 18.5. The molecule has 0 unspecified atom stereocenters. The molecule has 1 aliphatic rings. The van der Waals surface area contributed by atoms with E-state index in [0.29, 0.717) is 24.7 Å². The minimum atomic E-state index is -1.13. The number of phenols is 1. The molecule has 0 aliphatic carbocycles. The number of aliphatic carboxylic acids is 1. The zero-order valence-corrected chi connectivity index (χ0v) is 13.7. The number of rotatable bonds is 6. The summed E-state index contributed by atoms with van der Waals surface area (Å²) in [4.78, 5) is 22.7. The van der Waals surface area contributed by atoms with E-state index in [0.717, 1.165) is 5.56 Å². The molecule has 0 radical (unpaired) electrons. The van der Waals surface area contributed by atoms with Crippen molar-refractivity contribution in [2.75, 3.05) is 19.8 Å². The van der Waals surface area contributed by atoms with Gasteiger partial charge in [-0.05, 0) is 35.9 Å². The van der Waals surface area contributed by atoms with Gasteiger partial charge in [-0.3, -0.25) is 4.79 Å². The second kappa shape index (κ2) is 7.60. The molecule has 1 heterocycles. The van der Waals surface area contributed by atoms with E-state index in [4.69, 9.17) is 19.3 Å². The van der Waals surface area contributed by atoms with E-state index in [2.05, 4.69) is 0 Å². The van der Waals surface area contributed by atoms with Gasteiger partial charge in [0.05, 0.1) is 5.56 Å². The average Bonchev–Trinajstić information content (AvgIpc) is 2.64. The molecule has 26 heavy (non-hydrogen) atoms. The number of carbonyl (C=O) groups is 2. The maximum absolute atomic E-state index is 12.3. The number of ketones is 1. The molecule has 0 aromatic heterocycles. The summed E-state index contributed by atoms with van der Waals surface area (Å²) in [6.45, 7) is 0.451. The lowest BCUT2D eigenvalue weighted by atomic mass is 10.1. The Labute approximate surface area is 149 Å². The zero-order valence-electron chi connectivity index (χ0n) is 13.7. The summed E-state index contributed by atoms with van der Waals surface area (Å²) < 4.78 is 15.9. The Hall–Kier alpha value is -3.48. The summed E-state index contributed by atoms with van der Waals surface area (Å²) in [7, 11) is 0. The van der Waals surface area contributed by atoms with E-state index >= 15 is 0 Å². The van der Waals surface area contributed by atoms with Gasteiger partial charge in [0, 0.05) is 6.07 Å². The van der Waals surface area contributed by atoms with E-state index in [1.54, 1.807) is 24.3 Å². The molecule has 0 atom stereocenters. The predicted molar refractivity (Wildman–Crippen MR) is 92.0 cm³/mol. The van der Waals surface area contributed by atoms with Gasteiger partial charge in [-0.1, -0.05) is 12.1 Å². The van der Waals surface area contributed by atoms with Crippen LogP contribution in [0.1, 0.15) is 15.9 Å². The topological polar surface area (TPSA) is 102 Å². The van der Waals surface area contributed by atoms with Crippen LogP contribution in [-0.4, -0.2) is 41.8 Å². The Bertz CT molecular complexity index is 870. The van der Waals surface area contributed by atoms with Crippen LogP contribution in [0.3, 0.4) is 0 Å². The average molecular weight is 356 g/mol. The Balaban J connectivity index is 1.71. The predicted octanol–water partition coefficient (Wildman–Crippen LogP) is 2.52. The number of allylic oxidation sites excluding steroid dienone is 1. The van der Waals surface area contributed by atoms with Gasteiger partial charge >= 0.3 is 5.97 Å². The summed E-state index contributed by atoms with van der Waals surface area (Å²) in [6, 6.07) is 9.33. The summed E-state index contributed by atoms with van der Waals surface area (Å²) in [5.41, 5.74) is 0.838. The number of aromatic hydroxyl groups is 1. The van der Waals surface area contributed by atoms with Crippen molar-refractivity contribution in [1.82, 2.24) is 0 Å². The van der Waals surface area contributed by atoms with Crippen LogP contribution in [0.2, 0.25) is 0 Å². The second-order valence-electron chi connectivity index (χ2n) is 5.46. The van der Waals surface area contributed by atoms with E-state index in [-0.39, 0.29) is 17.1 Å². The van der Waals surface area contributed by atoms with Crippen molar-refractivity contribution in [3.63, 3.8) is 0 Å². The smallest absolute Gasteiger partial charge is 0.341 e. The first kappa shape index (κ1) is 17.3. The molecule has 7 nitrogen and oxygen atoms in total. The van der Waals surface area contributed by atoms with Gasteiger partial charge in [-0.25, -0.2) is 4.79 Å². The molecule has 0 amide bonds. The summed E-state index contributed by atoms with van der Waals surface area (Å²) >= 11 is 0. The van der Waals surface area contributed by atoms with Crippen LogP contribution in [0, 0.1) is 0 Å². The molecular weight excluding hydrogens is 340 g/mol. The van der Waals surface area contributed by atoms with Crippen molar-refractivity contribution in [1.29, 1.82) is 0 Å². The molecule has 1 aliphatic heterocycles. The van der Waals surface area contributed by atoms with Gasteiger partial charge in [0.1, 0.15) is 24.7 Å². The molecular formula is C19H16O7. The number of carbonyl (C=O) groups excluding carboxylic acids is 1. The van der Waals surface area contributed by atoms with Crippen molar-refractivity contribution in [2.24, 2.45) is 0 Å². The maximum atomic E-state index is 12.3. The Kier molecular flexibility index (Phi) is 5.07. The van der Waals surface area contributed by atoms with Crippen LogP contribution in [0.4, 0.5) is 0 Å². The third kappa shape index (κ3) is 4.13. The molecule has 0 fully saturated rings. The number of hydrogen-bond donors (Lipinski definition) is 2. The molecule has 0 saturated carbocycles. The number of ether oxygens (including phenoxy) is 3. The van der Waals surface area contributed by atoms with Crippen LogP contribution in [0.25, 0.3) is 6.08 Å². The van der Waals surface area contributed by atoms with Crippen LogP contribution in [0.5, 0.6) is 23.0 Å². The molecule has 134 valence electrons. The molecule has 2 aromatic rings. The summed E-state index contributed by atoms with van der Waals surface area (Å²) in [6.07, 6.45) is 2.94. The van der Waals surface area contributed by atoms with Crippen molar-refractivity contribution in [3.05, 3.63) is 53.6 Å². The van der Waals surface area contributed by atoms with Gasteiger partial charge in [0.25, 0.3) is 0 Å². The van der Waals surface area contributed by atoms with Crippen molar-refractivity contribution >= 4 is 17.8 Å². The molecule has 3 rings (SSSR count). The van der Waals surface area contributed by atoms with Crippen molar-refractivity contribution in [2.45, 2.75) is 0 Å². The summed E-state index contributed by atoms with van der Waals surface area (Å²) in [5.74, 6) is -0.376. The lowest BCUT2D eigenvalue weighted by Crippen LogP contribution is -2.15. The number of phenolic OH excluding ortho intramolecular Hbond substituents is 1. The molecule has 7 heteroatoms. The van der Waals surface area contributed by atoms with E-state index < -0.39 is 18.4 Å². The third-order valence-electron chi connectivity index (χ3n) is 3.59. The Morgan fingerprint density at radius 3 is 2.58 bits per heavy atom. The number of carboxylic acid groups (broad SMARTS) is 1. The highest BCUT2D eigenvalue weighted by atomic mass is 16.6. The monoisotopic (exact) mass is 356 g/mol. The minimum absolute atomic E-state index is 0.0847. The first-order valence-electron chi connectivity index (χ1n) is 7.82. The van der Waals surface area contributed by atoms with E-state index in [1.165, 1.54) is 24.3 Å². The largest absolute Gasteiger partial charge is 0.507 e. The fraction of sp³-hybridized carbons (Fsp3) is 0.158. The van der Waals surface area contributed by atoms with Crippen molar-refractivity contribution in [3.8, 4) is 23.0 Å². The zero-order chi connectivity index (χ0) is 18.5. The van der Waals surface area contributed by atoms with Gasteiger partial charge in [-0.15, -0.1) is 0 Å². The maximum Gasteiger partial charge on any atom is 0.341 e. The van der Waals surface area contributed by atoms with Crippen LogP contribution < -0.4 is 14.2 Å². The van der Waals surface area contributed by atoms with Crippen LogP contribution in [0.15, 0.2) is 42.5 Å². The Morgan fingerprint density at radius 1 is 1.08 bits per heavy atom. The van der Waals surface area contributed by atoms with Gasteiger partial charge in [-0.2, -0.15) is 0 Å². The lowest BCUT2D eigenvalue weighted by Gasteiger charge is -2.18. The van der Waals surface area contributed by atoms with Crippen molar-refractivity contribution < 1.29 is 34.0 Å². The number of benzene rings is 2. The number of hydrogen-bond acceptors (Lipinski definition) is 6. The van der Waals surface area contributed by atoms with E-state index in [9.17, 15) is 14.7 Å². The standard InChI is InChI=1S/C19H16O7/c20-15(14-4-3-13(10-16(14)21)26-11-19(22)23)5-1-12-2-6-17-18(9-12)25-8-7-24-17/h1-6,9-10,21H,7-8,11H2,(H,22,23)/b5-1+. The van der Waals surface area contributed by atoms with Gasteiger partial charge in [0.2, 0.25) is 0 Å². The normalized spacial score (nSPS) is 12.8. The minimum Gasteiger partial charge on any atom is -0.507 e. The molecule has 2 N–H and O–H groups in total. The SMILES string of the molecule is O=C(O)COc1ccc(C(=O)/C=C/c2ccc3c(c2)OCCO3)c(O)c1. The first-order valence-corrected chi connectivity index (χ1v) is 7.82. The first-order chi connectivity index (χ1) is 12.5. The van der Waals surface area contributed by atoms with E-state index in [1.807, 2.05) is 0 Å². The Morgan fingerprint density at radius 2 is 1.85 bits per heavy atom. The molecule has 0 bridgehead atoms. The molecule has 2 aromatic carbocycles. The van der Waals surface area contributed by atoms with Gasteiger partial charge < -0.3 is 24.4 Å². The highest BCUT2D eigenvalue weighted by Crippen LogP contribution is 2.31. The quantitative estimate of drug-likeness (QED) is 0.605. The second-order valence-corrected chi connectivity index (χ2v) is 5.46. The highest BCUT2D eigenvalue weighted by Gasteiger charge is 2.12. The number of fused-ring (bicyclic) bond motifs is 1. The molecule has 0 spiro atoms. The fourth-order valence-corrected chi connectivity index (χ4v) is 2.38. The number of carboxylic acids is 1. The fourth-order valence-electron chi connectivity index (χ4n) is 2.38. The van der Waals surface area contributed by atoms with Gasteiger partial charge in [0.15, 0.2) is 23.9 Å². The molecule has 0 saturated heterocycles. The lowest BCUT2D eigenvalue weighted by molar-refractivity contribution is -0.139. The third-order valence-corrected chi connectivity index (χ3v) is 3.59. The van der Waals surface area contributed by atoms with Crippen LogP contribution in [-0.2, 0) is 4.79 Å². The highest BCUT2D eigenvalue weighted by molar-refractivity contribution is 6.08.